The van der Waals surface area contributed by atoms with Crippen LogP contribution in [0.2, 0.25) is 0 Å². The molecular formula is C14H16O3. The van der Waals surface area contributed by atoms with Gasteiger partial charge in [0.1, 0.15) is 5.75 Å². The van der Waals surface area contributed by atoms with E-state index in [2.05, 4.69) is 6.58 Å². The van der Waals surface area contributed by atoms with Gasteiger partial charge in [-0.1, -0.05) is 24.8 Å². The predicted octanol–water partition coefficient (Wildman–Crippen LogP) is 2.76. The molecule has 0 aromatic heterocycles. The average molecular weight is 232 g/mol. The highest BCUT2D eigenvalue weighted by Gasteiger charge is 1.88. The number of phenols is 1. The van der Waals surface area contributed by atoms with Crippen LogP contribution in [-0.4, -0.2) is 16.7 Å². The van der Waals surface area contributed by atoms with Gasteiger partial charge >= 0.3 is 0 Å². The highest BCUT2D eigenvalue weighted by atomic mass is 16.3. The molecule has 0 aliphatic rings. The minimum absolute atomic E-state index is 0.0167. The highest BCUT2D eigenvalue weighted by Crippen LogP contribution is 2.10. The monoisotopic (exact) mass is 232 g/mol. The zero-order valence-corrected chi connectivity index (χ0v) is 10.0. The van der Waals surface area contributed by atoms with Crippen molar-refractivity contribution in [1.82, 2.24) is 0 Å². The summed E-state index contributed by atoms with van der Waals surface area (Å²) in [5.41, 5.74) is 0.906. The van der Waals surface area contributed by atoms with Crippen LogP contribution in [0.15, 0.2) is 43.0 Å². The summed E-state index contributed by atoms with van der Waals surface area (Å²) in [6, 6.07) is 6.66. The summed E-state index contributed by atoms with van der Waals surface area (Å²) in [6.45, 7) is 6.17. The van der Waals surface area contributed by atoms with Crippen molar-refractivity contribution in [3.63, 3.8) is 0 Å². The summed E-state index contributed by atoms with van der Waals surface area (Å²) >= 11 is 0. The zero-order chi connectivity index (χ0) is 13.3. The second-order valence-corrected chi connectivity index (χ2v) is 3.35. The number of benzene rings is 1. The van der Waals surface area contributed by atoms with Gasteiger partial charge in [-0.05, 0) is 43.7 Å². The summed E-state index contributed by atoms with van der Waals surface area (Å²) in [4.78, 5) is 20.2. The van der Waals surface area contributed by atoms with Crippen molar-refractivity contribution in [2.75, 3.05) is 0 Å². The van der Waals surface area contributed by atoms with E-state index in [1.54, 1.807) is 30.3 Å². The Kier molecular flexibility index (Phi) is 7.02. The highest BCUT2D eigenvalue weighted by molar-refractivity contribution is 5.91. The molecule has 17 heavy (non-hydrogen) atoms. The molecule has 0 amide bonds. The van der Waals surface area contributed by atoms with E-state index >= 15 is 0 Å². The van der Waals surface area contributed by atoms with Gasteiger partial charge in [-0.15, -0.1) is 0 Å². The zero-order valence-electron chi connectivity index (χ0n) is 10.0. The minimum Gasteiger partial charge on any atom is -0.508 e. The number of rotatable bonds is 3. The van der Waals surface area contributed by atoms with Gasteiger partial charge in [0.2, 0.25) is 0 Å². The van der Waals surface area contributed by atoms with E-state index in [1.165, 1.54) is 26.0 Å². The van der Waals surface area contributed by atoms with Gasteiger partial charge in [-0.2, -0.15) is 0 Å². The van der Waals surface area contributed by atoms with Crippen LogP contribution in [-0.2, 0) is 9.59 Å². The van der Waals surface area contributed by atoms with Crippen LogP contribution in [0.4, 0.5) is 0 Å². The second kappa shape index (κ2) is 8.05. The molecule has 1 aromatic carbocycles. The smallest absolute Gasteiger partial charge is 0.152 e. The number of aromatic hydroxyl groups is 1. The molecule has 0 fully saturated rings. The van der Waals surface area contributed by atoms with Gasteiger partial charge in [0.05, 0.1) is 0 Å². The van der Waals surface area contributed by atoms with Gasteiger partial charge in [-0.25, -0.2) is 0 Å². The van der Waals surface area contributed by atoms with Crippen LogP contribution in [0.5, 0.6) is 5.75 Å². The fraction of sp³-hybridized carbons (Fsp3) is 0.143. The van der Waals surface area contributed by atoms with Gasteiger partial charge in [0, 0.05) is 0 Å². The standard InChI is InChI=1S/C10H10O2.C4H6O/c1-8(11)2-3-9-4-6-10(12)7-5-9;1-3-4(2)5/h2-7,12H,1H3;3H,1H2,2H3. The van der Waals surface area contributed by atoms with E-state index in [1.807, 2.05) is 0 Å². The number of carbonyl (C=O) groups is 2. The van der Waals surface area contributed by atoms with Crippen molar-refractivity contribution in [3.8, 4) is 5.75 Å². The third-order valence-corrected chi connectivity index (χ3v) is 1.69. The molecule has 0 spiro atoms. The third-order valence-electron chi connectivity index (χ3n) is 1.69. The third kappa shape index (κ3) is 8.81. The molecule has 0 saturated heterocycles. The Hall–Kier alpha value is -2.16. The lowest BCUT2D eigenvalue weighted by molar-refractivity contribution is -0.113. The lowest BCUT2D eigenvalue weighted by Crippen LogP contribution is -1.79. The topological polar surface area (TPSA) is 54.4 Å². The molecule has 1 rings (SSSR count). The number of hydrogen-bond donors (Lipinski definition) is 1. The molecule has 0 aliphatic heterocycles. The number of carbonyl (C=O) groups excluding carboxylic acids is 2. The van der Waals surface area contributed by atoms with Crippen molar-refractivity contribution in [2.24, 2.45) is 0 Å². The Morgan fingerprint density at radius 1 is 1.12 bits per heavy atom. The maximum absolute atomic E-state index is 10.5. The van der Waals surface area contributed by atoms with Crippen molar-refractivity contribution >= 4 is 17.6 Å². The lowest BCUT2D eigenvalue weighted by Gasteiger charge is -1.92. The number of ketones is 2. The molecule has 1 N–H and O–H groups in total. The molecule has 3 nitrogen and oxygen atoms in total. The second-order valence-electron chi connectivity index (χ2n) is 3.35. The fourth-order valence-electron chi connectivity index (χ4n) is 0.799. The maximum Gasteiger partial charge on any atom is 0.152 e. The minimum atomic E-state index is 0.0167. The molecule has 0 radical (unpaired) electrons. The first-order valence-electron chi connectivity index (χ1n) is 5.06. The quantitative estimate of drug-likeness (QED) is 0.815. The average Bonchev–Trinajstić information content (AvgIpc) is 2.29. The van der Waals surface area contributed by atoms with Crippen LogP contribution in [0.1, 0.15) is 19.4 Å². The predicted molar refractivity (Wildman–Crippen MR) is 68.7 cm³/mol. The van der Waals surface area contributed by atoms with E-state index in [0.29, 0.717) is 0 Å². The van der Waals surface area contributed by atoms with Crippen LogP contribution in [0, 0.1) is 0 Å². The van der Waals surface area contributed by atoms with E-state index in [4.69, 9.17) is 5.11 Å². The van der Waals surface area contributed by atoms with E-state index < -0.39 is 0 Å². The Labute approximate surface area is 101 Å². The number of phenolic OH excluding ortho intramolecular Hbond substituents is 1. The Morgan fingerprint density at radius 3 is 1.94 bits per heavy atom. The summed E-state index contributed by atoms with van der Waals surface area (Å²) in [7, 11) is 0. The first-order chi connectivity index (χ1) is 7.95. The van der Waals surface area contributed by atoms with Gasteiger partial charge in [0.15, 0.2) is 11.6 Å². The molecule has 1 aromatic rings. The molecular weight excluding hydrogens is 216 g/mol. The van der Waals surface area contributed by atoms with Gasteiger partial charge in [0.25, 0.3) is 0 Å². The Balaban J connectivity index is 0.000000437. The van der Waals surface area contributed by atoms with Crippen molar-refractivity contribution in [3.05, 3.63) is 48.6 Å². The number of allylic oxidation sites excluding steroid dienone is 2. The first-order valence-corrected chi connectivity index (χ1v) is 5.06. The largest absolute Gasteiger partial charge is 0.508 e. The molecule has 3 heteroatoms. The van der Waals surface area contributed by atoms with Crippen LogP contribution in [0.25, 0.3) is 6.08 Å². The Morgan fingerprint density at radius 2 is 1.59 bits per heavy atom. The summed E-state index contributed by atoms with van der Waals surface area (Å²) < 4.78 is 0. The van der Waals surface area contributed by atoms with E-state index in [9.17, 15) is 9.59 Å². The van der Waals surface area contributed by atoms with Crippen molar-refractivity contribution in [2.45, 2.75) is 13.8 Å². The normalized spacial score (nSPS) is 9.29. The van der Waals surface area contributed by atoms with Crippen molar-refractivity contribution < 1.29 is 14.7 Å². The number of hydrogen-bond acceptors (Lipinski definition) is 3. The molecule has 0 saturated carbocycles. The molecule has 0 bridgehead atoms. The Bertz CT molecular complexity index is 414. The molecule has 0 atom stereocenters. The van der Waals surface area contributed by atoms with Crippen LogP contribution < -0.4 is 0 Å². The molecule has 0 unspecified atom stereocenters. The first kappa shape index (κ1) is 14.8. The summed E-state index contributed by atoms with van der Waals surface area (Å²) in [5, 5.41) is 8.94. The summed E-state index contributed by atoms with van der Waals surface area (Å²) in [6.07, 6.45) is 4.48. The molecule has 0 heterocycles. The lowest BCUT2D eigenvalue weighted by atomic mass is 10.2. The fourth-order valence-corrected chi connectivity index (χ4v) is 0.799. The van der Waals surface area contributed by atoms with E-state index in [-0.39, 0.29) is 17.3 Å². The summed E-state index contributed by atoms with van der Waals surface area (Å²) in [5.74, 6) is 0.267. The van der Waals surface area contributed by atoms with E-state index in [0.717, 1.165) is 5.56 Å². The van der Waals surface area contributed by atoms with Gasteiger partial charge in [-0.3, -0.25) is 9.59 Å². The maximum atomic E-state index is 10.5. The van der Waals surface area contributed by atoms with Crippen LogP contribution in [0.3, 0.4) is 0 Å². The van der Waals surface area contributed by atoms with Crippen LogP contribution >= 0.6 is 0 Å². The molecule has 90 valence electrons. The van der Waals surface area contributed by atoms with Gasteiger partial charge < -0.3 is 5.11 Å². The van der Waals surface area contributed by atoms with Crippen molar-refractivity contribution in [1.29, 1.82) is 0 Å². The SMILES string of the molecule is C=CC(C)=O.CC(=O)C=Cc1ccc(O)cc1. The molecule has 0 aliphatic carbocycles.